The molecule has 2 rings (SSSR count). The second-order valence-corrected chi connectivity index (χ2v) is 4.11. The number of aliphatic hydroxyl groups excluding tert-OH is 1. The zero-order valence-electron chi connectivity index (χ0n) is 9.35. The van der Waals surface area contributed by atoms with Crippen LogP contribution in [0.15, 0.2) is 36.5 Å². The van der Waals surface area contributed by atoms with Crippen LogP contribution in [0.1, 0.15) is 11.1 Å². The highest BCUT2D eigenvalue weighted by Gasteiger charge is 2.05. The van der Waals surface area contributed by atoms with Crippen molar-refractivity contribution in [2.75, 3.05) is 0 Å². The molecule has 0 radical (unpaired) electrons. The summed E-state index contributed by atoms with van der Waals surface area (Å²) in [4.78, 5) is 4.05. The quantitative estimate of drug-likeness (QED) is 0.907. The Morgan fingerprint density at radius 3 is 2.59 bits per heavy atom. The first-order chi connectivity index (χ1) is 8.19. The van der Waals surface area contributed by atoms with Crippen LogP contribution in [0.2, 0.25) is 5.02 Å². The van der Waals surface area contributed by atoms with E-state index in [9.17, 15) is 0 Å². The minimum Gasteiger partial charge on any atom is -0.438 e. The van der Waals surface area contributed by atoms with Gasteiger partial charge in [-0.1, -0.05) is 29.3 Å². The lowest BCUT2D eigenvalue weighted by Gasteiger charge is -2.07. The lowest BCUT2D eigenvalue weighted by atomic mass is 10.2. The van der Waals surface area contributed by atoms with Gasteiger partial charge in [0.2, 0.25) is 5.88 Å². The third kappa shape index (κ3) is 2.96. The van der Waals surface area contributed by atoms with E-state index < -0.39 is 0 Å². The van der Waals surface area contributed by atoms with E-state index in [-0.39, 0.29) is 6.61 Å². The van der Waals surface area contributed by atoms with Crippen molar-refractivity contribution in [2.45, 2.75) is 13.5 Å². The van der Waals surface area contributed by atoms with Crippen molar-refractivity contribution in [3.8, 4) is 11.6 Å². The van der Waals surface area contributed by atoms with Crippen molar-refractivity contribution < 1.29 is 9.84 Å². The highest BCUT2D eigenvalue weighted by atomic mass is 35.5. The topological polar surface area (TPSA) is 42.4 Å². The van der Waals surface area contributed by atoms with Gasteiger partial charge in [0, 0.05) is 6.20 Å². The summed E-state index contributed by atoms with van der Waals surface area (Å²) in [6, 6.07) is 9.25. The molecule has 2 aromatic rings. The fourth-order valence-corrected chi connectivity index (χ4v) is 1.57. The minimum atomic E-state index is -0.0858. The molecule has 0 unspecified atom stereocenters. The van der Waals surface area contributed by atoms with Crippen LogP contribution in [0.5, 0.6) is 11.6 Å². The van der Waals surface area contributed by atoms with E-state index >= 15 is 0 Å². The molecule has 1 N–H and O–H groups in total. The largest absolute Gasteiger partial charge is 0.438 e. The zero-order chi connectivity index (χ0) is 12.3. The fourth-order valence-electron chi connectivity index (χ4n) is 1.34. The van der Waals surface area contributed by atoms with Crippen molar-refractivity contribution in [1.82, 2.24) is 4.98 Å². The number of hydrogen-bond donors (Lipinski definition) is 1. The summed E-state index contributed by atoms with van der Waals surface area (Å²) in [7, 11) is 0. The van der Waals surface area contributed by atoms with Gasteiger partial charge in [-0.05, 0) is 30.7 Å². The molecule has 0 saturated heterocycles. The molecule has 17 heavy (non-hydrogen) atoms. The number of halogens is 1. The molecular weight excluding hydrogens is 238 g/mol. The predicted octanol–water partition coefficient (Wildman–Crippen LogP) is 3.33. The minimum absolute atomic E-state index is 0.0858. The Balaban J connectivity index is 2.21. The Hall–Kier alpha value is -1.58. The Labute approximate surface area is 105 Å². The highest BCUT2D eigenvalue weighted by Crippen LogP contribution is 2.27. The molecule has 0 atom stereocenters. The van der Waals surface area contributed by atoms with Crippen molar-refractivity contribution >= 4 is 11.6 Å². The zero-order valence-corrected chi connectivity index (χ0v) is 10.1. The van der Waals surface area contributed by atoms with Gasteiger partial charge in [0.25, 0.3) is 0 Å². The van der Waals surface area contributed by atoms with Crippen LogP contribution in [0.4, 0.5) is 0 Å². The van der Waals surface area contributed by atoms with Gasteiger partial charge in [-0.2, -0.15) is 0 Å². The molecule has 0 aliphatic heterocycles. The number of aliphatic hydroxyl groups is 1. The second-order valence-electron chi connectivity index (χ2n) is 3.70. The number of nitrogens with zero attached hydrogens (tertiary/aromatic N) is 1. The highest BCUT2D eigenvalue weighted by molar-refractivity contribution is 6.31. The van der Waals surface area contributed by atoms with Crippen molar-refractivity contribution in [3.63, 3.8) is 0 Å². The Bertz CT molecular complexity index is 511. The van der Waals surface area contributed by atoms with Crippen LogP contribution in [-0.4, -0.2) is 10.1 Å². The average Bonchev–Trinajstić information content (AvgIpc) is 2.34. The fraction of sp³-hybridized carbons (Fsp3) is 0.154. The van der Waals surface area contributed by atoms with Gasteiger partial charge in [-0.3, -0.25) is 0 Å². The smallest absolute Gasteiger partial charge is 0.238 e. The third-order valence-electron chi connectivity index (χ3n) is 2.28. The van der Waals surface area contributed by atoms with Gasteiger partial charge in [-0.25, -0.2) is 4.98 Å². The molecular formula is C13H12ClNO2. The van der Waals surface area contributed by atoms with Gasteiger partial charge in [0.15, 0.2) is 0 Å². The number of pyridine rings is 1. The van der Waals surface area contributed by atoms with Crippen LogP contribution in [0.3, 0.4) is 0 Å². The summed E-state index contributed by atoms with van der Waals surface area (Å²) in [5.74, 6) is 1.02. The van der Waals surface area contributed by atoms with E-state index in [2.05, 4.69) is 4.98 Å². The maximum absolute atomic E-state index is 8.93. The van der Waals surface area contributed by atoms with E-state index in [0.29, 0.717) is 22.2 Å². The van der Waals surface area contributed by atoms with Crippen LogP contribution >= 0.6 is 11.6 Å². The maximum atomic E-state index is 8.93. The summed E-state index contributed by atoms with van der Waals surface area (Å²) in [5.41, 5.74) is 1.82. The molecule has 0 spiro atoms. The molecule has 1 heterocycles. The van der Waals surface area contributed by atoms with Crippen LogP contribution in [0.25, 0.3) is 0 Å². The number of aromatic nitrogens is 1. The lowest BCUT2D eigenvalue weighted by Crippen LogP contribution is -1.92. The van der Waals surface area contributed by atoms with E-state index in [4.69, 9.17) is 21.4 Å². The molecule has 4 heteroatoms. The van der Waals surface area contributed by atoms with E-state index in [1.807, 2.05) is 31.2 Å². The number of rotatable bonds is 3. The lowest BCUT2D eigenvalue weighted by molar-refractivity contribution is 0.281. The first-order valence-electron chi connectivity index (χ1n) is 5.19. The van der Waals surface area contributed by atoms with Crippen LogP contribution in [0, 0.1) is 6.92 Å². The number of ether oxygens (including phenoxy) is 1. The summed E-state index contributed by atoms with van der Waals surface area (Å²) in [6.45, 7) is 1.92. The van der Waals surface area contributed by atoms with Crippen molar-refractivity contribution in [3.05, 3.63) is 52.7 Å². The van der Waals surface area contributed by atoms with Crippen LogP contribution < -0.4 is 4.74 Å². The average molecular weight is 250 g/mol. The van der Waals surface area contributed by atoms with Gasteiger partial charge in [0.05, 0.1) is 6.61 Å². The van der Waals surface area contributed by atoms with E-state index in [0.717, 1.165) is 5.56 Å². The summed E-state index contributed by atoms with van der Waals surface area (Å²) in [6.07, 6.45) is 1.54. The van der Waals surface area contributed by atoms with Gasteiger partial charge >= 0.3 is 0 Å². The first-order valence-corrected chi connectivity index (χ1v) is 5.56. The predicted molar refractivity (Wildman–Crippen MR) is 66.4 cm³/mol. The summed E-state index contributed by atoms with van der Waals surface area (Å²) in [5, 5.41) is 9.32. The second kappa shape index (κ2) is 5.17. The molecule has 0 saturated carbocycles. The van der Waals surface area contributed by atoms with Crippen molar-refractivity contribution in [1.29, 1.82) is 0 Å². The van der Waals surface area contributed by atoms with Crippen molar-refractivity contribution in [2.24, 2.45) is 0 Å². The first kappa shape index (κ1) is 11.9. The van der Waals surface area contributed by atoms with E-state index in [1.165, 1.54) is 6.20 Å². The maximum Gasteiger partial charge on any atom is 0.238 e. The molecule has 0 aliphatic carbocycles. The molecule has 0 aliphatic rings. The molecule has 0 bridgehead atoms. The monoisotopic (exact) mass is 249 g/mol. The molecule has 1 aromatic heterocycles. The molecule has 0 fully saturated rings. The Morgan fingerprint density at radius 2 is 2.00 bits per heavy atom. The molecule has 0 amide bonds. The summed E-state index contributed by atoms with van der Waals surface area (Å²) < 4.78 is 5.54. The number of hydrogen-bond acceptors (Lipinski definition) is 3. The normalized spacial score (nSPS) is 10.3. The number of benzene rings is 1. The van der Waals surface area contributed by atoms with Gasteiger partial charge in [0.1, 0.15) is 10.8 Å². The molecule has 88 valence electrons. The molecule has 1 aromatic carbocycles. The third-order valence-corrected chi connectivity index (χ3v) is 2.55. The summed E-state index contributed by atoms with van der Waals surface area (Å²) >= 11 is 5.99. The Kier molecular flexibility index (Phi) is 3.61. The van der Waals surface area contributed by atoms with E-state index in [1.54, 1.807) is 6.07 Å². The number of aryl methyl sites for hydroxylation is 1. The standard InChI is InChI=1S/C13H12ClNO2/c1-9-2-4-11(5-3-9)17-13-12(14)6-10(8-16)7-15-13/h2-7,16H,8H2,1H3. The SMILES string of the molecule is Cc1ccc(Oc2ncc(CO)cc2Cl)cc1. The van der Waals surface area contributed by atoms with Gasteiger partial charge in [-0.15, -0.1) is 0 Å². The van der Waals surface area contributed by atoms with Crippen LogP contribution in [-0.2, 0) is 6.61 Å². The molecule has 3 nitrogen and oxygen atoms in total. The van der Waals surface area contributed by atoms with Gasteiger partial charge < -0.3 is 9.84 Å². The Morgan fingerprint density at radius 1 is 1.29 bits per heavy atom.